The van der Waals surface area contributed by atoms with Gasteiger partial charge in [-0.15, -0.1) is 0 Å². The minimum atomic E-state index is 0.284. The summed E-state index contributed by atoms with van der Waals surface area (Å²) in [6.07, 6.45) is 4.88. The molecule has 0 bridgehead atoms. The van der Waals surface area contributed by atoms with E-state index in [1.807, 2.05) is 0 Å². The average molecular weight is 175 g/mol. The van der Waals surface area contributed by atoms with Gasteiger partial charge in [-0.05, 0) is 49.3 Å². The van der Waals surface area contributed by atoms with Gasteiger partial charge in [-0.1, -0.05) is 18.2 Å². The van der Waals surface area contributed by atoms with Crippen molar-refractivity contribution >= 4 is 0 Å². The Kier molecular flexibility index (Phi) is 2.36. The second kappa shape index (κ2) is 3.51. The third kappa shape index (κ3) is 1.75. The largest absolute Gasteiger partial charge is 0.328 e. The summed E-state index contributed by atoms with van der Waals surface area (Å²) >= 11 is 0. The van der Waals surface area contributed by atoms with Crippen LogP contribution in [-0.4, -0.2) is 6.04 Å². The zero-order valence-electron chi connectivity index (χ0n) is 8.22. The normalized spacial score (nSPS) is 17.1. The van der Waals surface area contributed by atoms with Crippen LogP contribution in [0.15, 0.2) is 18.2 Å². The van der Waals surface area contributed by atoms with Crippen molar-refractivity contribution in [3.63, 3.8) is 0 Å². The second-order valence-electron chi connectivity index (χ2n) is 4.09. The van der Waals surface area contributed by atoms with E-state index in [0.29, 0.717) is 0 Å². The van der Waals surface area contributed by atoms with E-state index in [1.54, 1.807) is 11.1 Å². The number of aryl methyl sites for hydroxylation is 1. The van der Waals surface area contributed by atoms with E-state index >= 15 is 0 Å². The van der Waals surface area contributed by atoms with E-state index in [9.17, 15) is 0 Å². The van der Waals surface area contributed by atoms with Gasteiger partial charge >= 0.3 is 0 Å². The van der Waals surface area contributed by atoms with Gasteiger partial charge in [0.25, 0.3) is 0 Å². The maximum atomic E-state index is 5.82. The lowest BCUT2D eigenvalue weighted by Gasteiger charge is -2.10. The van der Waals surface area contributed by atoms with Crippen LogP contribution in [0.3, 0.4) is 0 Å². The molecule has 0 spiro atoms. The minimum absolute atomic E-state index is 0.284. The topological polar surface area (TPSA) is 26.0 Å². The van der Waals surface area contributed by atoms with E-state index in [2.05, 4.69) is 25.1 Å². The van der Waals surface area contributed by atoms with Gasteiger partial charge in [0.2, 0.25) is 0 Å². The van der Waals surface area contributed by atoms with Crippen LogP contribution in [0.25, 0.3) is 0 Å². The van der Waals surface area contributed by atoms with Crippen molar-refractivity contribution in [3.8, 4) is 0 Å². The molecule has 1 unspecified atom stereocenters. The molecule has 1 atom stereocenters. The highest BCUT2D eigenvalue weighted by Gasteiger charge is 2.14. The van der Waals surface area contributed by atoms with Crippen LogP contribution in [0, 0.1) is 0 Å². The molecule has 0 radical (unpaired) electrons. The third-order valence-electron chi connectivity index (χ3n) is 2.78. The fourth-order valence-corrected chi connectivity index (χ4v) is 2.24. The monoisotopic (exact) mass is 175 g/mol. The molecule has 0 aromatic heterocycles. The van der Waals surface area contributed by atoms with Gasteiger partial charge in [-0.2, -0.15) is 0 Å². The van der Waals surface area contributed by atoms with E-state index < -0.39 is 0 Å². The molecular formula is C12H17N. The Bertz CT molecular complexity index is 302. The molecule has 1 aromatic rings. The predicted molar refractivity (Wildman–Crippen MR) is 55.8 cm³/mol. The van der Waals surface area contributed by atoms with Crippen LogP contribution in [0.2, 0.25) is 0 Å². The Hall–Kier alpha value is -0.820. The van der Waals surface area contributed by atoms with Crippen LogP contribution >= 0.6 is 0 Å². The molecular weight excluding hydrogens is 158 g/mol. The molecule has 13 heavy (non-hydrogen) atoms. The molecule has 0 heterocycles. The van der Waals surface area contributed by atoms with Gasteiger partial charge in [-0.25, -0.2) is 0 Å². The first-order valence-electron chi connectivity index (χ1n) is 5.12. The summed E-state index contributed by atoms with van der Waals surface area (Å²) < 4.78 is 0. The summed E-state index contributed by atoms with van der Waals surface area (Å²) in [6, 6.07) is 6.94. The molecule has 0 amide bonds. The standard InChI is InChI=1S/C12H17N/c1-9(13)8-11-6-2-4-10-5-3-7-12(10)11/h2,4,6,9H,3,5,7-8,13H2,1H3. The second-order valence-corrected chi connectivity index (χ2v) is 4.09. The maximum Gasteiger partial charge on any atom is 0.00510 e. The van der Waals surface area contributed by atoms with Crippen molar-refractivity contribution < 1.29 is 0 Å². The smallest absolute Gasteiger partial charge is 0.00510 e. The van der Waals surface area contributed by atoms with Crippen molar-refractivity contribution in [1.82, 2.24) is 0 Å². The van der Waals surface area contributed by atoms with Gasteiger partial charge in [0.05, 0.1) is 0 Å². The van der Waals surface area contributed by atoms with Gasteiger partial charge in [0.1, 0.15) is 0 Å². The Morgan fingerprint density at radius 1 is 1.38 bits per heavy atom. The number of fused-ring (bicyclic) bond motifs is 1. The zero-order chi connectivity index (χ0) is 9.26. The summed E-state index contributed by atoms with van der Waals surface area (Å²) in [5, 5.41) is 0. The molecule has 1 aliphatic carbocycles. The lowest BCUT2D eigenvalue weighted by atomic mass is 9.98. The highest BCUT2D eigenvalue weighted by Crippen LogP contribution is 2.25. The SMILES string of the molecule is CC(N)Cc1cccc2c1CCC2. The number of nitrogens with two attached hydrogens (primary N) is 1. The summed E-state index contributed by atoms with van der Waals surface area (Å²) in [5.74, 6) is 0. The van der Waals surface area contributed by atoms with Crippen LogP contribution in [0.1, 0.15) is 30.0 Å². The van der Waals surface area contributed by atoms with Crippen molar-refractivity contribution in [2.24, 2.45) is 5.73 Å². The van der Waals surface area contributed by atoms with Crippen molar-refractivity contribution in [2.45, 2.75) is 38.6 Å². The summed E-state index contributed by atoms with van der Waals surface area (Å²) in [4.78, 5) is 0. The molecule has 2 rings (SSSR count). The van der Waals surface area contributed by atoms with E-state index in [0.717, 1.165) is 6.42 Å². The first kappa shape index (κ1) is 8.76. The highest BCUT2D eigenvalue weighted by atomic mass is 14.6. The maximum absolute atomic E-state index is 5.82. The summed E-state index contributed by atoms with van der Waals surface area (Å²) in [5.41, 5.74) is 10.4. The lowest BCUT2D eigenvalue weighted by molar-refractivity contribution is 0.732. The van der Waals surface area contributed by atoms with Gasteiger partial charge in [0, 0.05) is 6.04 Å². The molecule has 0 fully saturated rings. The van der Waals surface area contributed by atoms with Gasteiger partial charge in [0.15, 0.2) is 0 Å². The molecule has 0 saturated heterocycles. The number of rotatable bonds is 2. The number of benzene rings is 1. The highest BCUT2D eigenvalue weighted by molar-refractivity contribution is 5.38. The van der Waals surface area contributed by atoms with Crippen molar-refractivity contribution in [2.75, 3.05) is 0 Å². The average Bonchev–Trinajstić information content (AvgIpc) is 2.51. The zero-order valence-corrected chi connectivity index (χ0v) is 8.22. The number of hydrogen-bond acceptors (Lipinski definition) is 1. The van der Waals surface area contributed by atoms with Crippen molar-refractivity contribution in [1.29, 1.82) is 0 Å². The Morgan fingerprint density at radius 2 is 2.23 bits per heavy atom. The lowest BCUT2D eigenvalue weighted by Crippen LogP contribution is -2.18. The third-order valence-corrected chi connectivity index (χ3v) is 2.78. The molecule has 0 aliphatic heterocycles. The van der Waals surface area contributed by atoms with Crippen molar-refractivity contribution in [3.05, 3.63) is 34.9 Å². The molecule has 2 N–H and O–H groups in total. The Labute approximate surface area is 80.0 Å². The van der Waals surface area contributed by atoms with E-state index in [4.69, 9.17) is 5.73 Å². The Balaban J connectivity index is 2.30. The molecule has 1 aliphatic rings. The summed E-state index contributed by atoms with van der Waals surface area (Å²) in [7, 11) is 0. The first-order valence-corrected chi connectivity index (χ1v) is 5.12. The van der Waals surface area contributed by atoms with E-state index in [-0.39, 0.29) is 6.04 Å². The van der Waals surface area contributed by atoms with Gasteiger partial charge < -0.3 is 5.73 Å². The van der Waals surface area contributed by atoms with Crippen LogP contribution in [0.4, 0.5) is 0 Å². The first-order chi connectivity index (χ1) is 6.27. The molecule has 0 saturated carbocycles. The molecule has 1 heteroatoms. The molecule has 1 nitrogen and oxygen atoms in total. The predicted octanol–water partition coefficient (Wildman–Crippen LogP) is 2.07. The van der Waals surface area contributed by atoms with Gasteiger partial charge in [-0.3, -0.25) is 0 Å². The fourth-order valence-electron chi connectivity index (χ4n) is 2.24. The fraction of sp³-hybridized carbons (Fsp3) is 0.500. The van der Waals surface area contributed by atoms with Crippen LogP contribution in [0.5, 0.6) is 0 Å². The van der Waals surface area contributed by atoms with E-state index in [1.165, 1.54) is 24.8 Å². The molecule has 70 valence electrons. The van der Waals surface area contributed by atoms with Crippen LogP contribution < -0.4 is 5.73 Å². The van der Waals surface area contributed by atoms with Crippen LogP contribution in [-0.2, 0) is 19.3 Å². The summed E-state index contributed by atoms with van der Waals surface area (Å²) in [6.45, 7) is 2.08. The minimum Gasteiger partial charge on any atom is -0.328 e. The quantitative estimate of drug-likeness (QED) is 0.731. The number of hydrogen-bond donors (Lipinski definition) is 1. The Morgan fingerprint density at radius 3 is 3.00 bits per heavy atom. The molecule has 1 aromatic carbocycles.